The first-order valence-corrected chi connectivity index (χ1v) is 3.48. The molecule has 9 heavy (non-hydrogen) atoms. The summed E-state index contributed by atoms with van der Waals surface area (Å²) >= 11 is 3.36. The van der Waals surface area contributed by atoms with Gasteiger partial charge in [0.2, 0.25) is 0 Å². The van der Waals surface area contributed by atoms with Crippen molar-refractivity contribution in [2.24, 2.45) is 5.73 Å². The van der Waals surface area contributed by atoms with Crippen molar-refractivity contribution in [2.45, 2.75) is 6.54 Å². The minimum absolute atomic E-state index is 0.567. The van der Waals surface area contributed by atoms with Gasteiger partial charge >= 0.3 is 0 Å². The molecule has 0 aliphatic heterocycles. The zero-order valence-electron chi connectivity index (χ0n) is 4.89. The molecule has 0 atom stereocenters. The molecule has 0 unspecified atom stereocenters. The Bertz CT molecular complexity index is 198. The summed E-state index contributed by atoms with van der Waals surface area (Å²) in [5.41, 5.74) is 6.50. The lowest BCUT2D eigenvalue weighted by molar-refractivity contribution is 1.06. The number of hydrogen-bond donors (Lipinski definition) is 1. The van der Waals surface area contributed by atoms with Crippen molar-refractivity contribution in [1.29, 1.82) is 0 Å². The third kappa shape index (κ3) is 1.53. The van der Waals surface area contributed by atoms with Crippen molar-refractivity contribution < 1.29 is 0 Å². The quantitative estimate of drug-likeness (QED) is 0.707. The van der Waals surface area contributed by atoms with E-state index in [1.54, 1.807) is 0 Å². The van der Waals surface area contributed by atoms with Gasteiger partial charge < -0.3 is 5.73 Å². The highest BCUT2D eigenvalue weighted by Crippen LogP contribution is 2.13. The van der Waals surface area contributed by atoms with E-state index in [1.807, 2.05) is 18.2 Å². The number of halogens is 1. The highest BCUT2D eigenvalue weighted by atomic mass is 79.9. The summed E-state index contributed by atoms with van der Waals surface area (Å²) in [6.07, 6.45) is 0. The summed E-state index contributed by atoms with van der Waals surface area (Å²) in [5, 5.41) is 0. The molecule has 1 radical (unpaired) electrons. The molecule has 47 valence electrons. The van der Waals surface area contributed by atoms with Gasteiger partial charge in [-0.05, 0) is 23.8 Å². The smallest absolute Gasteiger partial charge is 0.0220 e. The Kier molecular flexibility index (Phi) is 2.25. The van der Waals surface area contributed by atoms with E-state index in [4.69, 9.17) is 5.73 Å². The molecular formula is C7H7BrN. The SMILES string of the molecule is NCc1c[c]ccc1Br. The maximum absolute atomic E-state index is 5.40. The Morgan fingerprint density at radius 3 is 2.89 bits per heavy atom. The Balaban J connectivity index is 3.01. The Morgan fingerprint density at radius 2 is 2.44 bits per heavy atom. The van der Waals surface area contributed by atoms with Gasteiger partial charge in [-0.3, -0.25) is 0 Å². The highest BCUT2D eigenvalue weighted by Gasteiger charge is 1.91. The van der Waals surface area contributed by atoms with Crippen LogP contribution in [0.3, 0.4) is 0 Å². The van der Waals surface area contributed by atoms with Crippen LogP contribution in [0.15, 0.2) is 22.7 Å². The normalized spacial score (nSPS) is 9.56. The second kappa shape index (κ2) is 2.99. The summed E-state index contributed by atoms with van der Waals surface area (Å²) in [7, 11) is 0. The Morgan fingerprint density at radius 1 is 1.67 bits per heavy atom. The van der Waals surface area contributed by atoms with Crippen molar-refractivity contribution >= 4 is 15.9 Å². The van der Waals surface area contributed by atoms with E-state index in [2.05, 4.69) is 22.0 Å². The van der Waals surface area contributed by atoms with E-state index >= 15 is 0 Å². The van der Waals surface area contributed by atoms with Gasteiger partial charge in [-0.1, -0.05) is 22.0 Å². The molecule has 0 saturated carbocycles. The molecular weight excluding hydrogens is 178 g/mol. The molecule has 2 heteroatoms. The number of rotatable bonds is 1. The molecule has 0 saturated heterocycles. The Hall–Kier alpha value is -0.340. The largest absolute Gasteiger partial charge is 0.326 e. The lowest BCUT2D eigenvalue weighted by Gasteiger charge is -1.96. The molecule has 0 aromatic heterocycles. The highest BCUT2D eigenvalue weighted by molar-refractivity contribution is 9.10. The third-order valence-electron chi connectivity index (χ3n) is 1.11. The summed E-state index contributed by atoms with van der Waals surface area (Å²) in [5.74, 6) is 0. The fourth-order valence-corrected chi connectivity index (χ4v) is 1.01. The summed E-state index contributed by atoms with van der Waals surface area (Å²) in [6, 6.07) is 8.60. The van der Waals surface area contributed by atoms with Crippen LogP contribution in [0, 0.1) is 6.07 Å². The molecule has 0 fully saturated rings. The molecule has 1 aromatic carbocycles. The van der Waals surface area contributed by atoms with Crippen LogP contribution in [-0.4, -0.2) is 0 Å². The van der Waals surface area contributed by atoms with Crippen molar-refractivity contribution in [1.82, 2.24) is 0 Å². The van der Waals surface area contributed by atoms with Gasteiger partial charge in [-0.15, -0.1) is 0 Å². The molecule has 1 rings (SSSR count). The minimum Gasteiger partial charge on any atom is -0.326 e. The van der Waals surface area contributed by atoms with Crippen molar-refractivity contribution in [2.75, 3.05) is 0 Å². The average molecular weight is 185 g/mol. The van der Waals surface area contributed by atoms with Crippen molar-refractivity contribution in [3.05, 3.63) is 34.3 Å². The number of benzene rings is 1. The fourth-order valence-electron chi connectivity index (χ4n) is 0.602. The van der Waals surface area contributed by atoms with Gasteiger partial charge in [0, 0.05) is 11.0 Å². The molecule has 0 aliphatic carbocycles. The van der Waals surface area contributed by atoms with E-state index in [-0.39, 0.29) is 0 Å². The first-order valence-electron chi connectivity index (χ1n) is 2.69. The molecule has 2 N–H and O–H groups in total. The van der Waals surface area contributed by atoms with Crippen molar-refractivity contribution in [3.8, 4) is 0 Å². The van der Waals surface area contributed by atoms with Crippen LogP contribution in [0.4, 0.5) is 0 Å². The maximum Gasteiger partial charge on any atom is 0.0220 e. The van der Waals surface area contributed by atoms with Gasteiger partial charge in [0.05, 0.1) is 0 Å². The van der Waals surface area contributed by atoms with Crippen LogP contribution in [-0.2, 0) is 6.54 Å². The second-order valence-electron chi connectivity index (χ2n) is 1.72. The van der Waals surface area contributed by atoms with Gasteiger partial charge in [-0.25, -0.2) is 0 Å². The number of hydrogen-bond acceptors (Lipinski definition) is 1. The monoisotopic (exact) mass is 184 g/mol. The predicted molar refractivity (Wildman–Crippen MR) is 40.9 cm³/mol. The van der Waals surface area contributed by atoms with Crippen LogP contribution < -0.4 is 5.73 Å². The van der Waals surface area contributed by atoms with E-state index in [9.17, 15) is 0 Å². The van der Waals surface area contributed by atoms with Crippen LogP contribution in [0.25, 0.3) is 0 Å². The molecule has 1 aromatic rings. The summed E-state index contributed by atoms with van der Waals surface area (Å²) in [6.45, 7) is 0.567. The van der Waals surface area contributed by atoms with Crippen LogP contribution in [0.2, 0.25) is 0 Å². The topological polar surface area (TPSA) is 26.0 Å². The Labute approximate surface area is 63.0 Å². The van der Waals surface area contributed by atoms with Crippen molar-refractivity contribution in [3.63, 3.8) is 0 Å². The van der Waals surface area contributed by atoms with E-state index in [0.717, 1.165) is 10.0 Å². The van der Waals surface area contributed by atoms with Gasteiger partial charge in [0.25, 0.3) is 0 Å². The molecule has 1 nitrogen and oxygen atoms in total. The van der Waals surface area contributed by atoms with E-state index in [1.165, 1.54) is 0 Å². The van der Waals surface area contributed by atoms with Gasteiger partial charge in [0.15, 0.2) is 0 Å². The zero-order chi connectivity index (χ0) is 6.69. The number of nitrogens with two attached hydrogens (primary N) is 1. The molecule has 0 bridgehead atoms. The molecule has 0 spiro atoms. The van der Waals surface area contributed by atoms with E-state index < -0.39 is 0 Å². The van der Waals surface area contributed by atoms with E-state index in [0.29, 0.717) is 6.54 Å². The van der Waals surface area contributed by atoms with Crippen LogP contribution in [0.1, 0.15) is 5.56 Å². The fraction of sp³-hybridized carbons (Fsp3) is 0.143. The lowest BCUT2D eigenvalue weighted by atomic mass is 10.2. The third-order valence-corrected chi connectivity index (χ3v) is 1.88. The van der Waals surface area contributed by atoms with Crippen LogP contribution in [0.5, 0.6) is 0 Å². The van der Waals surface area contributed by atoms with Gasteiger partial charge in [-0.2, -0.15) is 0 Å². The summed E-state index contributed by atoms with van der Waals surface area (Å²) < 4.78 is 1.06. The second-order valence-corrected chi connectivity index (χ2v) is 2.58. The lowest BCUT2D eigenvalue weighted by Crippen LogP contribution is -1.96. The standard InChI is InChI=1S/C7H7BrN/c8-7-4-2-1-3-6(7)5-9/h2-4H,5,9H2. The first-order chi connectivity index (χ1) is 4.34. The van der Waals surface area contributed by atoms with Gasteiger partial charge in [0.1, 0.15) is 0 Å². The molecule has 0 heterocycles. The maximum atomic E-state index is 5.40. The average Bonchev–Trinajstić information content (AvgIpc) is 1.89. The van der Waals surface area contributed by atoms with Crippen LogP contribution >= 0.6 is 15.9 Å². The minimum atomic E-state index is 0.567. The predicted octanol–water partition coefficient (Wildman–Crippen LogP) is 1.71. The molecule has 0 amide bonds. The first kappa shape index (κ1) is 6.78. The zero-order valence-corrected chi connectivity index (χ0v) is 6.48. The molecule has 0 aliphatic rings. The summed E-state index contributed by atoms with van der Waals surface area (Å²) in [4.78, 5) is 0.